The summed E-state index contributed by atoms with van der Waals surface area (Å²) in [4.78, 5) is 12.2. The molecule has 0 unspecified atom stereocenters. The van der Waals surface area contributed by atoms with Gasteiger partial charge in [0.1, 0.15) is 5.69 Å². The smallest absolute Gasteiger partial charge is 0.289 e. The molecule has 8 heteroatoms. The van der Waals surface area contributed by atoms with E-state index < -0.39 is 5.91 Å². The molecular formula is C19H17ClN4O3. The van der Waals surface area contributed by atoms with Crippen molar-refractivity contribution in [1.82, 2.24) is 15.6 Å². The first kappa shape index (κ1) is 18.5. The van der Waals surface area contributed by atoms with Gasteiger partial charge in [-0.3, -0.25) is 9.89 Å². The Morgan fingerprint density at radius 1 is 1.19 bits per heavy atom. The summed E-state index contributed by atoms with van der Waals surface area (Å²) in [5.74, 6) is 0.694. The number of H-pyrrole nitrogens is 1. The largest absolute Gasteiger partial charge is 0.493 e. The van der Waals surface area contributed by atoms with E-state index in [0.29, 0.717) is 27.8 Å². The predicted octanol–water partition coefficient (Wildman–Crippen LogP) is 3.51. The van der Waals surface area contributed by atoms with Crippen LogP contribution in [0.15, 0.2) is 53.6 Å². The van der Waals surface area contributed by atoms with Crippen molar-refractivity contribution in [3.8, 4) is 22.8 Å². The van der Waals surface area contributed by atoms with E-state index in [9.17, 15) is 4.79 Å². The van der Waals surface area contributed by atoms with Crippen LogP contribution in [0.1, 0.15) is 16.1 Å². The number of aromatic nitrogens is 2. The van der Waals surface area contributed by atoms with Gasteiger partial charge in [-0.25, -0.2) is 5.43 Å². The van der Waals surface area contributed by atoms with E-state index in [4.69, 9.17) is 21.1 Å². The number of ether oxygens (including phenoxy) is 2. The molecule has 0 aliphatic rings. The average molecular weight is 385 g/mol. The molecule has 3 aromatic rings. The third-order valence-corrected chi connectivity index (χ3v) is 4.02. The van der Waals surface area contributed by atoms with E-state index in [0.717, 1.165) is 5.56 Å². The van der Waals surface area contributed by atoms with Crippen molar-refractivity contribution in [3.05, 3.63) is 64.8 Å². The molecular weight excluding hydrogens is 368 g/mol. The molecule has 1 aromatic heterocycles. The molecule has 27 heavy (non-hydrogen) atoms. The van der Waals surface area contributed by atoms with E-state index in [1.54, 1.807) is 43.5 Å². The van der Waals surface area contributed by atoms with E-state index >= 15 is 0 Å². The molecule has 2 aromatic carbocycles. The van der Waals surface area contributed by atoms with Crippen LogP contribution in [0.25, 0.3) is 11.3 Å². The first-order valence-electron chi connectivity index (χ1n) is 7.98. The lowest BCUT2D eigenvalue weighted by Crippen LogP contribution is -2.18. The topological polar surface area (TPSA) is 88.6 Å². The summed E-state index contributed by atoms with van der Waals surface area (Å²) in [5, 5.41) is 11.4. The normalized spacial score (nSPS) is 10.8. The van der Waals surface area contributed by atoms with Crippen molar-refractivity contribution in [2.75, 3.05) is 14.2 Å². The summed E-state index contributed by atoms with van der Waals surface area (Å²) >= 11 is 5.88. The molecule has 2 N–H and O–H groups in total. The number of carbonyl (C=O) groups is 1. The summed E-state index contributed by atoms with van der Waals surface area (Å²) < 4.78 is 10.5. The van der Waals surface area contributed by atoms with Crippen molar-refractivity contribution in [2.24, 2.45) is 5.10 Å². The zero-order valence-corrected chi connectivity index (χ0v) is 15.4. The molecule has 0 saturated carbocycles. The van der Waals surface area contributed by atoms with Gasteiger partial charge in [0.2, 0.25) is 0 Å². The lowest BCUT2D eigenvalue weighted by atomic mass is 10.1. The highest BCUT2D eigenvalue weighted by Gasteiger charge is 2.11. The molecule has 0 bridgehead atoms. The number of hydrogen-bond acceptors (Lipinski definition) is 5. The van der Waals surface area contributed by atoms with Crippen molar-refractivity contribution in [2.45, 2.75) is 0 Å². The molecule has 138 valence electrons. The number of amides is 1. The lowest BCUT2D eigenvalue weighted by molar-refractivity contribution is 0.0950. The zero-order valence-electron chi connectivity index (χ0n) is 14.7. The molecule has 0 aliphatic heterocycles. The second kappa shape index (κ2) is 8.37. The molecule has 1 amide bonds. The fraction of sp³-hybridized carbons (Fsp3) is 0.105. The number of nitrogens with zero attached hydrogens (tertiary/aromatic N) is 2. The first-order valence-corrected chi connectivity index (χ1v) is 8.36. The maximum atomic E-state index is 12.2. The van der Waals surface area contributed by atoms with Gasteiger partial charge in [-0.1, -0.05) is 29.8 Å². The monoisotopic (exact) mass is 384 g/mol. The second-order valence-corrected chi connectivity index (χ2v) is 5.89. The van der Waals surface area contributed by atoms with Crippen LogP contribution in [0.3, 0.4) is 0 Å². The SMILES string of the molecule is COc1cccc(/C=N/NC(=O)c2cc(-c3ccc(Cl)cc3)n[nH]2)c1OC. The fourth-order valence-electron chi connectivity index (χ4n) is 2.44. The van der Waals surface area contributed by atoms with Crippen LogP contribution in [0, 0.1) is 0 Å². The molecule has 0 atom stereocenters. The predicted molar refractivity (Wildman–Crippen MR) is 104 cm³/mol. The van der Waals surface area contributed by atoms with E-state index in [2.05, 4.69) is 20.7 Å². The molecule has 1 heterocycles. The third kappa shape index (κ3) is 4.27. The highest BCUT2D eigenvalue weighted by Crippen LogP contribution is 2.29. The highest BCUT2D eigenvalue weighted by atomic mass is 35.5. The summed E-state index contributed by atoms with van der Waals surface area (Å²) in [6.07, 6.45) is 1.48. The van der Waals surface area contributed by atoms with Gasteiger partial charge < -0.3 is 9.47 Å². The van der Waals surface area contributed by atoms with Gasteiger partial charge in [-0.15, -0.1) is 0 Å². The number of hydrazone groups is 1. The lowest BCUT2D eigenvalue weighted by Gasteiger charge is -2.09. The Balaban J connectivity index is 1.70. The Hall–Kier alpha value is -3.32. The Labute approximate surface area is 161 Å². The number of halogens is 1. The van der Waals surface area contributed by atoms with Gasteiger partial charge in [0, 0.05) is 16.1 Å². The molecule has 0 radical (unpaired) electrons. The molecule has 0 spiro atoms. The zero-order chi connectivity index (χ0) is 19.2. The summed E-state index contributed by atoms with van der Waals surface area (Å²) in [6.45, 7) is 0. The second-order valence-electron chi connectivity index (χ2n) is 5.46. The number of benzene rings is 2. The van der Waals surface area contributed by atoms with Gasteiger partial charge in [-0.2, -0.15) is 10.2 Å². The number of methoxy groups -OCH3 is 2. The quantitative estimate of drug-likeness (QED) is 0.502. The van der Waals surface area contributed by atoms with Crippen molar-refractivity contribution >= 4 is 23.7 Å². The minimum atomic E-state index is -0.416. The average Bonchev–Trinajstić information content (AvgIpc) is 3.18. The first-order chi connectivity index (χ1) is 13.1. The van der Waals surface area contributed by atoms with Gasteiger partial charge in [0.15, 0.2) is 11.5 Å². The Bertz CT molecular complexity index is 967. The third-order valence-electron chi connectivity index (χ3n) is 3.77. The molecule has 3 rings (SSSR count). The number of carbonyl (C=O) groups excluding carboxylic acids is 1. The van der Waals surface area contributed by atoms with Crippen molar-refractivity contribution in [1.29, 1.82) is 0 Å². The minimum absolute atomic E-state index is 0.287. The number of nitrogens with one attached hydrogen (secondary N) is 2. The van der Waals surface area contributed by atoms with E-state index in [1.807, 2.05) is 12.1 Å². The van der Waals surface area contributed by atoms with E-state index in [-0.39, 0.29) is 5.69 Å². The summed E-state index contributed by atoms with van der Waals surface area (Å²) in [7, 11) is 3.09. The number of rotatable bonds is 6. The van der Waals surface area contributed by atoms with Crippen LogP contribution >= 0.6 is 11.6 Å². The van der Waals surface area contributed by atoms with Gasteiger partial charge in [0.05, 0.1) is 26.1 Å². The Kier molecular flexibility index (Phi) is 5.73. The Morgan fingerprint density at radius 3 is 2.67 bits per heavy atom. The summed E-state index contributed by atoms with van der Waals surface area (Å²) in [5.41, 5.74) is 4.89. The fourth-order valence-corrected chi connectivity index (χ4v) is 2.57. The van der Waals surface area contributed by atoms with Gasteiger partial charge in [0.25, 0.3) is 5.91 Å². The minimum Gasteiger partial charge on any atom is -0.493 e. The maximum absolute atomic E-state index is 12.2. The molecule has 0 fully saturated rings. The van der Waals surface area contributed by atoms with Gasteiger partial charge in [-0.05, 0) is 30.3 Å². The van der Waals surface area contributed by atoms with Crippen LogP contribution in [0.5, 0.6) is 11.5 Å². The van der Waals surface area contributed by atoms with Crippen molar-refractivity contribution in [3.63, 3.8) is 0 Å². The van der Waals surface area contributed by atoms with Crippen LogP contribution in [0.4, 0.5) is 0 Å². The molecule has 0 aliphatic carbocycles. The van der Waals surface area contributed by atoms with Crippen molar-refractivity contribution < 1.29 is 14.3 Å². The number of para-hydroxylation sites is 1. The standard InChI is InChI=1S/C19H17ClN4O3/c1-26-17-5-3-4-13(18(17)27-2)11-21-24-19(25)16-10-15(22-23-16)12-6-8-14(20)9-7-12/h3-11H,1-2H3,(H,22,23)(H,24,25)/b21-11+. The maximum Gasteiger partial charge on any atom is 0.289 e. The van der Waals surface area contributed by atoms with Crippen LogP contribution in [0.2, 0.25) is 5.02 Å². The molecule has 0 saturated heterocycles. The molecule has 7 nitrogen and oxygen atoms in total. The van der Waals surface area contributed by atoms with Crippen LogP contribution in [-0.4, -0.2) is 36.5 Å². The van der Waals surface area contributed by atoms with Gasteiger partial charge >= 0.3 is 0 Å². The highest BCUT2D eigenvalue weighted by molar-refractivity contribution is 6.30. The summed E-state index contributed by atoms with van der Waals surface area (Å²) in [6, 6.07) is 14.2. The van der Waals surface area contributed by atoms with Crippen LogP contribution < -0.4 is 14.9 Å². The Morgan fingerprint density at radius 2 is 1.96 bits per heavy atom. The van der Waals surface area contributed by atoms with E-state index in [1.165, 1.54) is 13.3 Å². The number of aromatic amines is 1. The van der Waals surface area contributed by atoms with Crippen LogP contribution in [-0.2, 0) is 0 Å². The number of hydrogen-bond donors (Lipinski definition) is 2.